The van der Waals surface area contributed by atoms with Gasteiger partial charge in [0.2, 0.25) is 0 Å². The summed E-state index contributed by atoms with van der Waals surface area (Å²) in [6.07, 6.45) is 3.18. The van der Waals surface area contributed by atoms with Crippen molar-refractivity contribution in [1.82, 2.24) is 10.1 Å². The maximum absolute atomic E-state index is 11.8. The van der Waals surface area contributed by atoms with E-state index < -0.39 is 11.0 Å². The van der Waals surface area contributed by atoms with E-state index in [0.29, 0.717) is 11.3 Å². The van der Waals surface area contributed by atoms with Crippen LogP contribution in [-0.4, -0.2) is 25.3 Å². The zero-order valence-corrected chi connectivity index (χ0v) is 11.6. The van der Waals surface area contributed by atoms with Gasteiger partial charge in [-0.15, -0.1) is 0 Å². The lowest BCUT2D eigenvalue weighted by molar-refractivity contribution is 0.450. The van der Waals surface area contributed by atoms with Gasteiger partial charge in [0.15, 0.2) is 5.58 Å². The highest BCUT2D eigenvalue weighted by atomic mass is 32.2. The van der Waals surface area contributed by atoms with Crippen LogP contribution in [0.5, 0.6) is 0 Å². The molecule has 5 nitrogen and oxygen atoms in total. The van der Waals surface area contributed by atoms with Crippen molar-refractivity contribution in [3.63, 3.8) is 0 Å². The number of fused-ring (bicyclic) bond motifs is 1. The van der Waals surface area contributed by atoms with Crippen LogP contribution in [0, 0.1) is 6.92 Å². The quantitative estimate of drug-likeness (QED) is 0.782. The number of nitrogens with zero attached hydrogens (tertiary/aromatic N) is 3. The van der Waals surface area contributed by atoms with E-state index in [1.165, 1.54) is 6.21 Å². The van der Waals surface area contributed by atoms with Crippen LogP contribution in [0.15, 0.2) is 21.2 Å². The van der Waals surface area contributed by atoms with E-state index in [1.807, 2.05) is 27.7 Å². The van der Waals surface area contributed by atoms with Gasteiger partial charge in [-0.2, -0.15) is 4.40 Å². The summed E-state index contributed by atoms with van der Waals surface area (Å²) in [5.41, 5.74) is 2.07. The van der Waals surface area contributed by atoms with Gasteiger partial charge in [-0.25, -0.2) is 4.21 Å². The third-order valence-corrected chi connectivity index (χ3v) is 3.71. The second-order valence-electron chi connectivity index (χ2n) is 4.97. The highest BCUT2D eigenvalue weighted by Gasteiger charge is 2.18. The van der Waals surface area contributed by atoms with Crippen molar-refractivity contribution >= 4 is 28.2 Å². The Labute approximate surface area is 108 Å². The minimum atomic E-state index is -1.28. The van der Waals surface area contributed by atoms with Crippen molar-refractivity contribution in [2.24, 2.45) is 4.40 Å². The molecule has 0 aliphatic rings. The zero-order chi connectivity index (χ0) is 13.3. The van der Waals surface area contributed by atoms with Crippen molar-refractivity contribution < 1.29 is 8.73 Å². The molecule has 0 radical (unpaired) electrons. The molecule has 1 atom stereocenters. The molecule has 2 rings (SSSR count). The van der Waals surface area contributed by atoms with Crippen LogP contribution >= 0.6 is 0 Å². The third-order valence-electron chi connectivity index (χ3n) is 2.36. The maximum Gasteiger partial charge on any atom is 0.170 e. The second-order valence-corrected chi connectivity index (χ2v) is 6.90. The average molecular weight is 265 g/mol. The fraction of sp³-hybridized carbons (Fsp3) is 0.417. The van der Waals surface area contributed by atoms with Crippen LogP contribution in [-0.2, 0) is 11.0 Å². The van der Waals surface area contributed by atoms with E-state index in [4.69, 9.17) is 4.52 Å². The van der Waals surface area contributed by atoms with E-state index >= 15 is 0 Å². The Kier molecular flexibility index (Phi) is 3.30. The molecule has 0 aliphatic heterocycles. The second kappa shape index (κ2) is 4.61. The summed E-state index contributed by atoms with van der Waals surface area (Å²) in [4.78, 5) is 4.21. The Bertz CT molecular complexity index is 626. The fourth-order valence-electron chi connectivity index (χ4n) is 1.30. The molecule has 0 aromatic carbocycles. The summed E-state index contributed by atoms with van der Waals surface area (Å²) in [7, 11) is -1.28. The Morgan fingerprint density at radius 1 is 1.44 bits per heavy atom. The lowest BCUT2D eigenvalue weighted by Crippen LogP contribution is -2.19. The SMILES string of the molecule is Cc1noc2cc(C=N[S@](=O)C(C)(C)C)ncc12. The van der Waals surface area contributed by atoms with Gasteiger partial charge >= 0.3 is 0 Å². The first-order chi connectivity index (χ1) is 8.38. The molecule has 0 saturated heterocycles. The minimum Gasteiger partial charge on any atom is -0.356 e. The highest BCUT2D eigenvalue weighted by Crippen LogP contribution is 2.17. The van der Waals surface area contributed by atoms with Crippen molar-refractivity contribution in [1.29, 1.82) is 0 Å². The number of pyridine rings is 1. The van der Waals surface area contributed by atoms with Crippen LogP contribution in [0.25, 0.3) is 11.0 Å². The first-order valence-corrected chi connectivity index (χ1v) is 6.67. The van der Waals surface area contributed by atoms with Crippen molar-refractivity contribution in [3.05, 3.63) is 23.7 Å². The normalized spacial score (nSPS) is 14.4. The predicted octanol–water partition coefficient (Wildman–Crippen LogP) is 2.41. The van der Waals surface area contributed by atoms with Crippen LogP contribution in [0.3, 0.4) is 0 Å². The van der Waals surface area contributed by atoms with Crippen molar-refractivity contribution in [2.45, 2.75) is 32.4 Å². The molecule has 2 heterocycles. The molecule has 0 aliphatic carbocycles. The van der Waals surface area contributed by atoms with E-state index in [0.717, 1.165) is 11.1 Å². The van der Waals surface area contributed by atoms with Gasteiger partial charge in [0, 0.05) is 12.3 Å². The molecule has 0 fully saturated rings. The molecule has 2 aromatic heterocycles. The molecule has 6 heteroatoms. The van der Waals surface area contributed by atoms with Gasteiger partial charge in [-0.05, 0) is 27.7 Å². The molecular weight excluding hydrogens is 250 g/mol. The monoisotopic (exact) mass is 265 g/mol. The fourth-order valence-corrected chi connectivity index (χ4v) is 1.82. The largest absolute Gasteiger partial charge is 0.356 e. The lowest BCUT2D eigenvalue weighted by Gasteiger charge is -2.12. The molecule has 0 spiro atoms. The van der Waals surface area contributed by atoms with E-state index in [1.54, 1.807) is 12.3 Å². The van der Waals surface area contributed by atoms with Crippen LogP contribution < -0.4 is 0 Å². The Balaban J connectivity index is 2.27. The van der Waals surface area contributed by atoms with Gasteiger partial charge < -0.3 is 4.52 Å². The molecule has 18 heavy (non-hydrogen) atoms. The molecule has 0 unspecified atom stereocenters. The first kappa shape index (κ1) is 12.9. The molecule has 0 bridgehead atoms. The summed E-state index contributed by atoms with van der Waals surface area (Å²) in [5, 5.41) is 4.73. The van der Waals surface area contributed by atoms with Gasteiger partial charge in [0.25, 0.3) is 0 Å². The maximum atomic E-state index is 11.8. The third kappa shape index (κ3) is 2.64. The van der Waals surface area contributed by atoms with Crippen LogP contribution in [0.4, 0.5) is 0 Å². The predicted molar refractivity (Wildman–Crippen MR) is 72.0 cm³/mol. The Hall–Kier alpha value is -1.56. The van der Waals surface area contributed by atoms with Crippen molar-refractivity contribution in [2.75, 3.05) is 0 Å². The van der Waals surface area contributed by atoms with E-state index in [9.17, 15) is 4.21 Å². The summed E-state index contributed by atoms with van der Waals surface area (Å²) in [6, 6.07) is 1.73. The number of rotatable bonds is 2. The number of aryl methyl sites for hydroxylation is 1. The van der Waals surface area contributed by atoms with Gasteiger partial charge in [-0.3, -0.25) is 4.98 Å². The van der Waals surface area contributed by atoms with Gasteiger partial charge in [-0.1, -0.05) is 5.16 Å². The Morgan fingerprint density at radius 3 is 2.83 bits per heavy atom. The number of hydrogen-bond acceptors (Lipinski definition) is 4. The lowest BCUT2D eigenvalue weighted by atomic mass is 10.2. The topological polar surface area (TPSA) is 68.3 Å². The zero-order valence-electron chi connectivity index (χ0n) is 10.8. The standard InChI is InChI=1S/C12H15N3O2S/c1-8-10-7-13-9(5-11(10)17-15-8)6-14-18(16)12(2,3)4/h5-7H,1-4H3/t18-/m1/s1. The summed E-state index contributed by atoms with van der Waals surface area (Å²) in [5.74, 6) is 0. The summed E-state index contributed by atoms with van der Waals surface area (Å²) in [6.45, 7) is 7.47. The van der Waals surface area contributed by atoms with Crippen molar-refractivity contribution in [3.8, 4) is 0 Å². The molecule has 2 aromatic rings. The van der Waals surface area contributed by atoms with Gasteiger partial charge in [0.1, 0.15) is 11.0 Å². The molecular formula is C12H15N3O2S. The smallest absolute Gasteiger partial charge is 0.170 e. The highest BCUT2D eigenvalue weighted by molar-refractivity contribution is 7.85. The molecule has 0 saturated carbocycles. The van der Waals surface area contributed by atoms with E-state index in [-0.39, 0.29) is 4.75 Å². The number of aromatic nitrogens is 2. The Morgan fingerprint density at radius 2 is 2.17 bits per heavy atom. The minimum absolute atomic E-state index is 0.372. The number of hydrogen-bond donors (Lipinski definition) is 0. The molecule has 96 valence electrons. The summed E-state index contributed by atoms with van der Waals surface area (Å²) >= 11 is 0. The van der Waals surface area contributed by atoms with Crippen LogP contribution in [0.1, 0.15) is 32.2 Å². The first-order valence-electron chi connectivity index (χ1n) is 5.56. The average Bonchev–Trinajstić information content (AvgIpc) is 2.66. The van der Waals surface area contributed by atoms with Gasteiger partial charge in [0.05, 0.1) is 27.7 Å². The van der Waals surface area contributed by atoms with Crippen LogP contribution in [0.2, 0.25) is 0 Å². The van der Waals surface area contributed by atoms with E-state index in [2.05, 4.69) is 14.5 Å². The molecule has 0 N–H and O–H groups in total. The summed E-state index contributed by atoms with van der Waals surface area (Å²) < 4.78 is 20.5. The molecule has 0 amide bonds.